The fraction of sp³-hybridized carbons (Fsp3) is 0. The van der Waals surface area contributed by atoms with Gasteiger partial charge in [0.1, 0.15) is 17.3 Å². The number of esters is 2. The molecule has 0 aliphatic carbocycles. The van der Waals surface area contributed by atoms with E-state index < -0.39 is 17.8 Å². The molecule has 4 nitrogen and oxygen atoms in total. The summed E-state index contributed by atoms with van der Waals surface area (Å²) in [7, 11) is 0. The Hall–Kier alpha value is -3.21. The summed E-state index contributed by atoms with van der Waals surface area (Å²) in [6, 6.07) is 10.4. The number of carbonyl (C=O) groups excluding carboxylic acids is 2. The van der Waals surface area contributed by atoms with E-state index in [1.165, 1.54) is 12.1 Å². The van der Waals surface area contributed by atoms with E-state index in [1.807, 2.05) is 0 Å². The molecule has 0 unspecified atom stereocenters. The predicted octanol–water partition coefficient (Wildman–Crippen LogP) is 3.68. The van der Waals surface area contributed by atoms with E-state index in [-0.39, 0.29) is 5.75 Å². The molecule has 0 saturated heterocycles. The molecule has 0 aliphatic rings. The second kappa shape index (κ2) is 7.17. The van der Waals surface area contributed by atoms with Crippen LogP contribution in [0, 0.1) is 5.82 Å². The van der Waals surface area contributed by atoms with Gasteiger partial charge in [0.05, 0.1) is 0 Å². The fourth-order valence-corrected chi connectivity index (χ4v) is 1.81. The van der Waals surface area contributed by atoms with Gasteiger partial charge >= 0.3 is 11.9 Å². The van der Waals surface area contributed by atoms with Gasteiger partial charge in [-0.1, -0.05) is 25.3 Å². The van der Waals surface area contributed by atoms with Crippen LogP contribution in [-0.2, 0) is 9.59 Å². The van der Waals surface area contributed by atoms with Crippen molar-refractivity contribution in [1.29, 1.82) is 0 Å². The Balaban J connectivity index is 2.21. The van der Waals surface area contributed by atoms with Crippen molar-refractivity contribution in [3.63, 3.8) is 0 Å². The van der Waals surface area contributed by atoms with Crippen molar-refractivity contribution in [2.24, 2.45) is 0 Å². The van der Waals surface area contributed by atoms with E-state index in [0.29, 0.717) is 16.9 Å². The molecule has 0 N–H and O–H groups in total. The minimum absolute atomic E-state index is 0.0904. The molecule has 0 bridgehead atoms. The first-order chi connectivity index (χ1) is 11.0. The number of rotatable bonds is 5. The van der Waals surface area contributed by atoms with Gasteiger partial charge in [0.2, 0.25) is 0 Å². The van der Waals surface area contributed by atoms with Crippen LogP contribution in [0.15, 0.2) is 67.8 Å². The summed E-state index contributed by atoms with van der Waals surface area (Å²) < 4.78 is 23.9. The number of benzene rings is 2. The summed E-state index contributed by atoms with van der Waals surface area (Å²) in [5.74, 6) is -1.36. The van der Waals surface area contributed by atoms with Crippen LogP contribution in [0.1, 0.15) is 0 Å². The molecule has 0 fully saturated rings. The maximum atomic E-state index is 14.1. The quantitative estimate of drug-likeness (QED) is 0.480. The SMILES string of the molecule is C=CC(=O)Oc1ccc(-c2ccc(OC(=O)C=C)cc2F)cc1. The smallest absolute Gasteiger partial charge is 0.335 e. The second-order valence-corrected chi connectivity index (χ2v) is 4.42. The first kappa shape index (κ1) is 16.2. The normalized spacial score (nSPS) is 9.78. The molecule has 0 aliphatic heterocycles. The number of hydrogen-bond acceptors (Lipinski definition) is 4. The molecule has 0 spiro atoms. The Morgan fingerprint density at radius 1 is 0.870 bits per heavy atom. The van der Waals surface area contributed by atoms with Gasteiger partial charge in [0, 0.05) is 23.8 Å². The summed E-state index contributed by atoms with van der Waals surface area (Å²) in [5.41, 5.74) is 0.910. The lowest BCUT2D eigenvalue weighted by molar-refractivity contribution is -0.129. The van der Waals surface area contributed by atoms with Crippen LogP contribution in [0.5, 0.6) is 11.5 Å². The lowest BCUT2D eigenvalue weighted by atomic mass is 10.0. The van der Waals surface area contributed by atoms with Crippen molar-refractivity contribution in [3.8, 4) is 22.6 Å². The van der Waals surface area contributed by atoms with Crippen molar-refractivity contribution < 1.29 is 23.5 Å². The van der Waals surface area contributed by atoms with Gasteiger partial charge in [0.25, 0.3) is 0 Å². The van der Waals surface area contributed by atoms with Gasteiger partial charge in [-0.05, 0) is 29.8 Å². The third-order valence-corrected chi connectivity index (χ3v) is 2.88. The highest BCUT2D eigenvalue weighted by Gasteiger charge is 2.09. The lowest BCUT2D eigenvalue weighted by Crippen LogP contribution is -2.03. The number of halogens is 1. The second-order valence-electron chi connectivity index (χ2n) is 4.42. The van der Waals surface area contributed by atoms with Gasteiger partial charge in [-0.2, -0.15) is 0 Å². The average molecular weight is 312 g/mol. The van der Waals surface area contributed by atoms with Gasteiger partial charge < -0.3 is 9.47 Å². The zero-order valence-electron chi connectivity index (χ0n) is 12.1. The predicted molar refractivity (Wildman–Crippen MR) is 83.5 cm³/mol. The minimum atomic E-state index is -0.662. The minimum Gasteiger partial charge on any atom is -0.423 e. The molecule has 0 amide bonds. The van der Waals surface area contributed by atoms with Crippen molar-refractivity contribution in [1.82, 2.24) is 0 Å². The van der Waals surface area contributed by atoms with Crippen molar-refractivity contribution in [3.05, 3.63) is 73.6 Å². The maximum Gasteiger partial charge on any atom is 0.335 e. The summed E-state index contributed by atoms with van der Waals surface area (Å²) in [5, 5.41) is 0. The van der Waals surface area contributed by atoms with E-state index in [9.17, 15) is 14.0 Å². The van der Waals surface area contributed by atoms with Crippen LogP contribution < -0.4 is 9.47 Å². The third kappa shape index (κ3) is 4.14. The Morgan fingerprint density at radius 3 is 1.91 bits per heavy atom. The van der Waals surface area contributed by atoms with Gasteiger partial charge in [-0.25, -0.2) is 14.0 Å². The van der Waals surface area contributed by atoms with Crippen LogP contribution in [-0.4, -0.2) is 11.9 Å². The zero-order chi connectivity index (χ0) is 16.8. The molecule has 2 rings (SSSR count). The van der Waals surface area contributed by atoms with Gasteiger partial charge in [0.15, 0.2) is 0 Å². The van der Waals surface area contributed by atoms with E-state index in [1.54, 1.807) is 24.3 Å². The molecule has 0 heterocycles. The summed E-state index contributed by atoms with van der Waals surface area (Å²) in [6.07, 6.45) is 2.05. The summed E-state index contributed by atoms with van der Waals surface area (Å²) in [6.45, 7) is 6.57. The van der Waals surface area contributed by atoms with Crippen molar-refractivity contribution in [2.45, 2.75) is 0 Å². The Morgan fingerprint density at radius 2 is 1.39 bits per heavy atom. The zero-order valence-corrected chi connectivity index (χ0v) is 12.1. The highest BCUT2D eigenvalue weighted by atomic mass is 19.1. The summed E-state index contributed by atoms with van der Waals surface area (Å²) in [4.78, 5) is 22.2. The molecule has 2 aromatic carbocycles. The Kier molecular flexibility index (Phi) is 5.04. The number of hydrogen-bond donors (Lipinski definition) is 0. The van der Waals surface area contributed by atoms with Gasteiger partial charge in [-0.3, -0.25) is 0 Å². The highest BCUT2D eigenvalue weighted by molar-refractivity contribution is 5.84. The fourth-order valence-electron chi connectivity index (χ4n) is 1.81. The Bertz CT molecular complexity index is 763. The molecule has 5 heteroatoms. The first-order valence-electron chi connectivity index (χ1n) is 6.62. The Labute approximate surface area is 132 Å². The number of carbonyl (C=O) groups is 2. The molecule has 2 aromatic rings. The van der Waals surface area contributed by atoms with Crippen LogP contribution in [0.25, 0.3) is 11.1 Å². The maximum absolute atomic E-state index is 14.1. The average Bonchev–Trinajstić information content (AvgIpc) is 2.55. The van der Waals surface area contributed by atoms with E-state index in [0.717, 1.165) is 18.2 Å². The highest BCUT2D eigenvalue weighted by Crippen LogP contribution is 2.28. The molecule has 0 saturated carbocycles. The first-order valence-corrected chi connectivity index (χ1v) is 6.62. The molecular formula is C18H13FO4. The van der Waals surface area contributed by atoms with Crippen LogP contribution in [0.4, 0.5) is 4.39 Å². The van der Waals surface area contributed by atoms with Crippen molar-refractivity contribution >= 4 is 11.9 Å². The largest absolute Gasteiger partial charge is 0.423 e. The van der Waals surface area contributed by atoms with Crippen molar-refractivity contribution in [2.75, 3.05) is 0 Å². The lowest BCUT2D eigenvalue weighted by Gasteiger charge is -2.07. The molecular weight excluding hydrogens is 299 g/mol. The standard InChI is InChI=1S/C18H13FO4/c1-3-17(20)22-13-7-5-12(6-8-13)15-10-9-14(11-16(15)19)23-18(21)4-2/h3-11H,1-2H2. The molecule has 0 aromatic heterocycles. The van der Waals surface area contributed by atoms with E-state index >= 15 is 0 Å². The molecule has 0 atom stereocenters. The monoisotopic (exact) mass is 312 g/mol. The van der Waals surface area contributed by atoms with E-state index in [4.69, 9.17) is 9.47 Å². The van der Waals surface area contributed by atoms with Crippen LogP contribution in [0.3, 0.4) is 0 Å². The van der Waals surface area contributed by atoms with Crippen LogP contribution in [0.2, 0.25) is 0 Å². The molecule has 116 valence electrons. The topological polar surface area (TPSA) is 52.6 Å². The van der Waals surface area contributed by atoms with Gasteiger partial charge in [-0.15, -0.1) is 0 Å². The van der Waals surface area contributed by atoms with E-state index in [2.05, 4.69) is 13.2 Å². The molecule has 0 radical (unpaired) electrons. The van der Waals surface area contributed by atoms with Crippen LogP contribution >= 0.6 is 0 Å². The third-order valence-electron chi connectivity index (χ3n) is 2.88. The number of ether oxygens (including phenoxy) is 2. The summed E-state index contributed by atoms with van der Waals surface area (Å²) >= 11 is 0. The molecule has 23 heavy (non-hydrogen) atoms.